The summed E-state index contributed by atoms with van der Waals surface area (Å²) in [6.07, 6.45) is -5.30. The second kappa shape index (κ2) is 6.58. The lowest BCUT2D eigenvalue weighted by molar-refractivity contribution is -0.141. The predicted octanol–water partition coefficient (Wildman–Crippen LogP) is -2.90. The number of carbonyl (C=O) groups is 2. The minimum Gasteiger partial charge on any atom is -0.394 e. The van der Waals surface area contributed by atoms with Crippen LogP contribution in [0.5, 0.6) is 0 Å². The average molecular weight is 247 g/mol. The first-order valence-electron chi connectivity index (χ1n) is 4.87. The molecule has 7 heteroatoms. The summed E-state index contributed by atoms with van der Waals surface area (Å²) in [5.41, 5.74) is 5.35. The Kier molecular flexibility index (Phi) is 6.14. The highest BCUT2D eigenvalue weighted by molar-refractivity contribution is 6.10. The van der Waals surface area contributed by atoms with E-state index in [1.807, 2.05) is 0 Å². The molecule has 0 heterocycles. The molecule has 0 aliphatic carbocycles. The van der Waals surface area contributed by atoms with Gasteiger partial charge in [-0.05, 0) is 12.5 Å². The Bertz CT molecular complexity index is 316. The molecule has 0 aromatic rings. The van der Waals surface area contributed by atoms with E-state index < -0.39 is 42.5 Å². The van der Waals surface area contributed by atoms with Crippen molar-refractivity contribution in [2.45, 2.75) is 31.3 Å². The lowest BCUT2D eigenvalue weighted by atomic mass is 9.95. The molecular formula is C10H17NO6. The van der Waals surface area contributed by atoms with E-state index in [-0.39, 0.29) is 5.57 Å². The molecule has 4 atom stereocenters. The van der Waals surface area contributed by atoms with Crippen molar-refractivity contribution in [2.24, 2.45) is 5.73 Å². The fraction of sp³-hybridized carbons (Fsp3) is 0.600. The van der Waals surface area contributed by atoms with Crippen LogP contribution in [0.15, 0.2) is 12.2 Å². The summed E-state index contributed by atoms with van der Waals surface area (Å²) in [4.78, 5) is 22.8. The minimum atomic E-state index is -1.98. The van der Waals surface area contributed by atoms with Gasteiger partial charge in [-0.2, -0.15) is 0 Å². The van der Waals surface area contributed by atoms with Gasteiger partial charge in [-0.3, -0.25) is 9.59 Å². The summed E-state index contributed by atoms with van der Waals surface area (Å²) in [5, 5.41) is 36.1. The van der Waals surface area contributed by atoms with Crippen LogP contribution in [0.3, 0.4) is 0 Å². The maximum atomic E-state index is 11.4. The van der Waals surface area contributed by atoms with Gasteiger partial charge in [-0.15, -0.1) is 0 Å². The first kappa shape index (κ1) is 15.9. The van der Waals surface area contributed by atoms with Crippen molar-refractivity contribution in [1.82, 2.24) is 0 Å². The van der Waals surface area contributed by atoms with Gasteiger partial charge in [0.2, 0.25) is 0 Å². The Morgan fingerprint density at radius 2 is 1.71 bits per heavy atom. The monoisotopic (exact) mass is 247 g/mol. The van der Waals surface area contributed by atoms with Gasteiger partial charge in [0, 0.05) is 0 Å². The number of Topliss-reactive ketones (excluding diaryl/α,β-unsaturated/α-hetero) is 2. The van der Waals surface area contributed by atoms with Crippen LogP contribution in [0, 0.1) is 0 Å². The van der Waals surface area contributed by atoms with Crippen LogP contribution in [-0.2, 0) is 9.59 Å². The third-order valence-electron chi connectivity index (χ3n) is 2.19. The van der Waals surface area contributed by atoms with Crippen LogP contribution in [0.2, 0.25) is 0 Å². The third kappa shape index (κ3) is 3.99. The van der Waals surface area contributed by atoms with Gasteiger partial charge in [-0.1, -0.05) is 6.58 Å². The number of carbonyl (C=O) groups excluding carboxylic acids is 2. The van der Waals surface area contributed by atoms with Crippen LogP contribution in [0.4, 0.5) is 0 Å². The van der Waals surface area contributed by atoms with Crippen molar-refractivity contribution in [3.63, 3.8) is 0 Å². The zero-order chi connectivity index (χ0) is 13.7. The van der Waals surface area contributed by atoms with Crippen LogP contribution in [-0.4, -0.2) is 63.0 Å². The van der Waals surface area contributed by atoms with Gasteiger partial charge in [0.15, 0.2) is 11.6 Å². The zero-order valence-corrected chi connectivity index (χ0v) is 9.41. The van der Waals surface area contributed by atoms with Crippen LogP contribution in [0.25, 0.3) is 0 Å². The van der Waals surface area contributed by atoms with Crippen molar-refractivity contribution < 1.29 is 30.0 Å². The molecule has 0 aliphatic heterocycles. The van der Waals surface area contributed by atoms with Crippen LogP contribution >= 0.6 is 0 Å². The van der Waals surface area contributed by atoms with Gasteiger partial charge in [0.05, 0.1) is 6.61 Å². The molecule has 0 radical (unpaired) electrons. The summed E-state index contributed by atoms with van der Waals surface area (Å²) in [7, 11) is 0. The van der Waals surface area contributed by atoms with Crippen molar-refractivity contribution in [3.8, 4) is 0 Å². The highest BCUT2D eigenvalue weighted by atomic mass is 16.4. The third-order valence-corrected chi connectivity index (χ3v) is 2.19. The largest absolute Gasteiger partial charge is 0.394 e. The lowest BCUT2D eigenvalue weighted by Crippen LogP contribution is -2.52. The normalized spacial score (nSPS) is 18.0. The van der Waals surface area contributed by atoms with Crippen molar-refractivity contribution in [3.05, 3.63) is 12.2 Å². The van der Waals surface area contributed by atoms with Gasteiger partial charge in [0.1, 0.15) is 24.4 Å². The molecule has 0 aliphatic rings. The minimum absolute atomic E-state index is 0.107. The van der Waals surface area contributed by atoms with E-state index >= 15 is 0 Å². The predicted molar refractivity (Wildman–Crippen MR) is 57.9 cm³/mol. The molecule has 0 aromatic heterocycles. The number of hydrogen-bond acceptors (Lipinski definition) is 7. The van der Waals surface area contributed by atoms with Crippen LogP contribution < -0.4 is 5.73 Å². The zero-order valence-electron chi connectivity index (χ0n) is 9.41. The quantitative estimate of drug-likeness (QED) is 0.240. The van der Waals surface area contributed by atoms with Gasteiger partial charge < -0.3 is 26.2 Å². The molecule has 1 unspecified atom stereocenters. The standard InChI is InChI=1S/C10H17NO6/c1-4(2)7(14)9(16)6(11)10(17)8(15)5(13)3-12/h5-8,12-15H,1,3,11H2,2H3/t5-,6+,7?,8+/m1/s1. The Balaban J connectivity index is 4.71. The fourth-order valence-electron chi connectivity index (χ4n) is 1.03. The summed E-state index contributed by atoms with van der Waals surface area (Å²) >= 11 is 0. The molecule has 98 valence electrons. The molecule has 0 saturated heterocycles. The van der Waals surface area contributed by atoms with Gasteiger partial charge in [0.25, 0.3) is 0 Å². The Morgan fingerprint density at radius 1 is 1.24 bits per heavy atom. The topological polar surface area (TPSA) is 141 Å². The Morgan fingerprint density at radius 3 is 2.06 bits per heavy atom. The summed E-state index contributed by atoms with van der Waals surface area (Å²) in [6, 6.07) is -1.78. The molecule has 0 aromatic carbocycles. The summed E-state index contributed by atoms with van der Waals surface area (Å²) < 4.78 is 0. The van der Waals surface area contributed by atoms with Crippen molar-refractivity contribution in [1.29, 1.82) is 0 Å². The second-order valence-electron chi connectivity index (χ2n) is 3.73. The number of rotatable bonds is 7. The highest BCUT2D eigenvalue weighted by Crippen LogP contribution is 2.05. The summed E-state index contributed by atoms with van der Waals surface area (Å²) in [6.45, 7) is 3.85. The Hall–Kier alpha value is -1.12. The number of nitrogens with two attached hydrogens (primary N) is 1. The second-order valence-corrected chi connectivity index (χ2v) is 3.73. The first-order valence-corrected chi connectivity index (χ1v) is 4.87. The molecule has 0 rings (SSSR count). The maximum absolute atomic E-state index is 11.4. The van der Waals surface area contributed by atoms with E-state index in [0.29, 0.717) is 0 Å². The molecule has 0 bridgehead atoms. The molecular weight excluding hydrogens is 230 g/mol. The first-order chi connectivity index (χ1) is 7.73. The van der Waals surface area contributed by atoms with E-state index in [1.54, 1.807) is 0 Å². The van der Waals surface area contributed by atoms with E-state index in [1.165, 1.54) is 6.92 Å². The molecule has 0 fully saturated rings. The molecule has 7 nitrogen and oxygen atoms in total. The summed E-state index contributed by atoms with van der Waals surface area (Å²) in [5.74, 6) is -2.19. The van der Waals surface area contributed by atoms with E-state index in [9.17, 15) is 19.8 Å². The Labute approximate surface area is 98.2 Å². The van der Waals surface area contributed by atoms with Gasteiger partial charge in [-0.25, -0.2) is 0 Å². The number of ketones is 2. The average Bonchev–Trinajstić information content (AvgIpc) is 2.32. The SMILES string of the molecule is C=C(C)C(O)C(=O)[C@H](N)C(=O)[C@@H](O)[C@H](O)CO. The molecule has 0 saturated carbocycles. The fourth-order valence-corrected chi connectivity index (χ4v) is 1.03. The van der Waals surface area contributed by atoms with E-state index in [0.717, 1.165) is 0 Å². The van der Waals surface area contributed by atoms with Crippen LogP contribution in [0.1, 0.15) is 6.92 Å². The maximum Gasteiger partial charge on any atom is 0.189 e. The smallest absolute Gasteiger partial charge is 0.189 e. The van der Waals surface area contributed by atoms with Gasteiger partial charge >= 0.3 is 0 Å². The number of aliphatic hydroxyl groups excluding tert-OH is 4. The highest BCUT2D eigenvalue weighted by Gasteiger charge is 2.35. The molecule has 0 amide bonds. The number of hydrogen-bond donors (Lipinski definition) is 5. The number of aliphatic hydroxyl groups is 4. The molecule has 0 spiro atoms. The molecule has 17 heavy (non-hydrogen) atoms. The van der Waals surface area contributed by atoms with Crippen molar-refractivity contribution >= 4 is 11.6 Å². The lowest BCUT2D eigenvalue weighted by Gasteiger charge is -2.19. The molecule has 6 N–H and O–H groups in total. The van der Waals surface area contributed by atoms with Crippen molar-refractivity contribution in [2.75, 3.05) is 6.61 Å². The van der Waals surface area contributed by atoms with E-state index in [2.05, 4.69) is 6.58 Å². The van der Waals surface area contributed by atoms with E-state index in [4.69, 9.17) is 15.9 Å².